The van der Waals surface area contributed by atoms with Gasteiger partial charge in [0.1, 0.15) is 0 Å². The second-order valence-corrected chi connectivity index (χ2v) is 4.25. The molecule has 20 heavy (non-hydrogen) atoms. The Morgan fingerprint density at radius 3 is 2.40 bits per heavy atom. The minimum absolute atomic E-state index is 0.0478. The Hall–Kier alpha value is -1.86. The van der Waals surface area contributed by atoms with Crippen molar-refractivity contribution >= 4 is 17.1 Å². The van der Waals surface area contributed by atoms with Crippen LogP contribution >= 0.6 is 0 Å². The summed E-state index contributed by atoms with van der Waals surface area (Å²) in [5.41, 5.74) is 1.44. The molecule has 1 rings (SSSR count). The molecule has 1 atom stereocenters. The van der Waals surface area contributed by atoms with Gasteiger partial charge in [-0.3, -0.25) is 10.1 Å². The Morgan fingerprint density at radius 1 is 1.25 bits per heavy atom. The molecule has 0 bridgehead atoms. The van der Waals surface area contributed by atoms with Gasteiger partial charge >= 0.3 is 0 Å². The number of hydrogen-bond acceptors (Lipinski definition) is 6. The first-order valence-corrected chi connectivity index (χ1v) is 6.39. The van der Waals surface area contributed by atoms with E-state index in [1.807, 2.05) is 13.0 Å². The second kappa shape index (κ2) is 8.34. The third kappa shape index (κ3) is 5.02. The number of rotatable bonds is 9. The van der Waals surface area contributed by atoms with Crippen molar-refractivity contribution in [1.82, 2.24) is 0 Å². The Kier molecular flexibility index (Phi) is 6.75. The van der Waals surface area contributed by atoms with Crippen LogP contribution in [0.4, 0.5) is 17.1 Å². The Bertz CT molecular complexity index is 440. The van der Waals surface area contributed by atoms with Gasteiger partial charge in [-0.05, 0) is 13.0 Å². The average molecular weight is 283 g/mol. The molecule has 0 heterocycles. The molecule has 1 unspecified atom stereocenters. The fourth-order valence-electron chi connectivity index (χ4n) is 1.75. The smallest absolute Gasteiger partial charge is 0.273 e. The monoisotopic (exact) mass is 283 g/mol. The number of anilines is 2. The van der Waals surface area contributed by atoms with Crippen LogP contribution in [0.5, 0.6) is 0 Å². The van der Waals surface area contributed by atoms with Crippen molar-refractivity contribution in [2.45, 2.75) is 13.0 Å². The predicted octanol–water partition coefficient (Wildman–Crippen LogP) is 2.10. The van der Waals surface area contributed by atoms with Crippen molar-refractivity contribution in [3.05, 3.63) is 28.3 Å². The van der Waals surface area contributed by atoms with Crippen molar-refractivity contribution in [3.63, 3.8) is 0 Å². The van der Waals surface area contributed by atoms with Crippen LogP contribution in [0.25, 0.3) is 0 Å². The van der Waals surface area contributed by atoms with E-state index in [1.54, 1.807) is 14.2 Å². The summed E-state index contributed by atoms with van der Waals surface area (Å²) in [6.07, 6.45) is -0.109. The Labute approximate surface area is 118 Å². The number of methoxy groups -OCH3 is 2. The van der Waals surface area contributed by atoms with Crippen LogP contribution in [0.3, 0.4) is 0 Å². The lowest BCUT2D eigenvalue weighted by atomic mass is 10.2. The fraction of sp³-hybridized carbons (Fsp3) is 0.538. The molecule has 1 aromatic carbocycles. The molecule has 2 N–H and O–H groups in total. The number of benzene rings is 1. The van der Waals surface area contributed by atoms with Gasteiger partial charge in [0.2, 0.25) is 0 Å². The van der Waals surface area contributed by atoms with E-state index in [0.717, 1.165) is 0 Å². The van der Waals surface area contributed by atoms with Crippen LogP contribution < -0.4 is 10.6 Å². The molecule has 0 amide bonds. The number of nitrogens with one attached hydrogen (secondary N) is 2. The van der Waals surface area contributed by atoms with E-state index in [0.29, 0.717) is 31.1 Å². The lowest BCUT2D eigenvalue weighted by Gasteiger charge is -2.16. The summed E-state index contributed by atoms with van der Waals surface area (Å²) < 4.78 is 10.3. The minimum Gasteiger partial charge on any atom is -0.385 e. The summed E-state index contributed by atoms with van der Waals surface area (Å²) in [5.74, 6) is 0. The first-order valence-electron chi connectivity index (χ1n) is 6.39. The maximum atomic E-state index is 10.9. The summed E-state index contributed by atoms with van der Waals surface area (Å²) >= 11 is 0. The maximum absolute atomic E-state index is 10.9. The molecule has 0 aliphatic carbocycles. The first kappa shape index (κ1) is 16.2. The Balaban J connectivity index is 2.79. The highest BCUT2D eigenvalue weighted by molar-refractivity contribution is 5.63. The Morgan fingerprint density at radius 2 is 1.90 bits per heavy atom. The molecule has 0 saturated carbocycles. The van der Waals surface area contributed by atoms with E-state index in [1.165, 1.54) is 12.1 Å². The molecule has 0 spiro atoms. The highest BCUT2D eigenvalue weighted by atomic mass is 16.6. The van der Waals surface area contributed by atoms with E-state index in [2.05, 4.69) is 10.6 Å². The minimum atomic E-state index is -0.408. The summed E-state index contributed by atoms with van der Waals surface area (Å²) in [6.45, 7) is 3.60. The van der Waals surface area contributed by atoms with Crippen LogP contribution in [0.2, 0.25) is 0 Å². The van der Waals surface area contributed by atoms with Gasteiger partial charge < -0.3 is 20.1 Å². The van der Waals surface area contributed by atoms with Crippen LogP contribution in [0, 0.1) is 10.1 Å². The molecular weight excluding hydrogens is 262 g/mol. The molecule has 0 saturated heterocycles. The molecule has 0 aromatic heterocycles. The van der Waals surface area contributed by atoms with Gasteiger partial charge in [-0.2, -0.15) is 0 Å². The lowest BCUT2D eigenvalue weighted by Crippen LogP contribution is -2.26. The molecular formula is C13H21N3O4. The molecule has 112 valence electrons. The second-order valence-electron chi connectivity index (χ2n) is 4.25. The van der Waals surface area contributed by atoms with Gasteiger partial charge in [-0.25, -0.2) is 0 Å². The SMILES string of the molecule is CCNc1cc(NCC(COC)OC)cc([N+](=O)[O-])c1. The predicted molar refractivity (Wildman–Crippen MR) is 78.4 cm³/mol. The van der Waals surface area contributed by atoms with Gasteiger partial charge in [0.25, 0.3) is 5.69 Å². The zero-order valence-electron chi connectivity index (χ0n) is 12.0. The zero-order chi connectivity index (χ0) is 15.0. The summed E-state index contributed by atoms with van der Waals surface area (Å²) in [5, 5.41) is 17.1. The van der Waals surface area contributed by atoms with Gasteiger partial charge in [-0.15, -0.1) is 0 Å². The van der Waals surface area contributed by atoms with Crippen LogP contribution in [-0.2, 0) is 9.47 Å². The largest absolute Gasteiger partial charge is 0.385 e. The van der Waals surface area contributed by atoms with Crippen LogP contribution in [0.1, 0.15) is 6.92 Å². The van der Waals surface area contributed by atoms with Crippen LogP contribution in [0.15, 0.2) is 18.2 Å². The molecule has 1 aromatic rings. The molecule has 0 radical (unpaired) electrons. The van der Waals surface area contributed by atoms with E-state index in [9.17, 15) is 10.1 Å². The maximum Gasteiger partial charge on any atom is 0.273 e. The molecule has 0 aliphatic heterocycles. The van der Waals surface area contributed by atoms with Gasteiger partial charge in [0.05, 0.1) is 17.6 Å². The number of hydrogen-bond donors (Lipinski definition) is 2. The topological polar surface area (TPSA) is 85.7 Å². The van der Waals surface area contributed by atoms with Gasteiger partial charge in [0, 0.05) is 50.8 Å². The van der Waals surface area contributed by atoms with Gasteiger partial charge in [0.15, 0.2) is 0 Å². The standard InChI is InChI=1S/C13H21N3O4/c1-4-14-10-5-11(7-12(6-10)16(17)18)15-8-13(20-3)9-19-2/h5-7,13-15H,4,8-9H2,1-3H3. The molecule has 7 heteroatoms. The third-order valence-electron chi connectivity index (χ3n) is 2.73. The quantitative estimate of drug-likeness (QED) is 0.533. The summed E-state index contributed by atoms with van der Waals surface area (Å²) in [7, 11) is 3.20. The van der Waals surface area contributed by atoms with Crippen molar-refractivity contribution < 1.29 is 14.4 Å². The fourth-order valence-corrected chi connectivity index (χ4v) is 1.75. The highest BCUT2D eigenvalue weighted by Gasteiger charge is 2.11. The van der Waals surface area contributed by atoms with Crippen molar-refractivity contribution in [3.8, 4) is 0 Å². The van der Waals surface area contributed by atoms with Crippen molar-refractivity contribution in [2.75, 3.05) is 44.5 Å². The van der Waals surface area contributed by atoms with E-state index in [-0.39, 0.29) is 11.8 Å². The number of nitro groups is 1. The highest BCUT2D eigenvalue weighted by Crippen LogP contribution is 2.24. The lowest BCUT2D eigenvalue weighted by molar-refractivity contribution is -0.384. The average Bonchev–Trinajstić information content (AvgIpc) is 2.43. The zero-order valence-corrected chi connectivity index (χ0v) is 12.0. The number of non-ortho nitro benzene ring substituents is 1. The molecule has 7 nitrogen and oxygen atoms in total. The van der Waals surface area contributed by atoms with Gasteiger partial charge in [-0.1, -0.05) is 0 Å². The molecule has 0 aliphatic rings. The van der Waals surface area contributed by atoms with E-state index >= 15 is 0 Å². The van der Waals surface area contributed by atoms with Crippen molar-refractivity contribution in [1.29, 1.82) is 0 Å². The summed E-state index contributed by atoms with van der Waals surface area (Å²) in [4.78, 5) is 10.5. The number of ether oxygens (including phenoxy) is 2. The van der Waals surface area contributed by atoms with E-state index in [4.69, 9.17) is 9.47 Å². The third-order valence-corrected chi connectivity index (χ3v) is 2.73. The van der Waals surface area contributed by atoms with Crippen LogP contribution in [-0.4, -0.2) is 44.9 Å². The number of nitrogens with zero attached hydrogens (tertiary/aromatic N) is 1. The summed E-state index contributed by atoms with van der Waals surface area (Å²) in [6, 6.07) is 4.84. The normalized spacial score (nSPS) is 11.9. The molecule has 0 fully saturated rings. The first-order chi connectivity index (χ1) is 9.60. The van der Waals surface area contributed by atoms with Crippen molar-refractivity contribution in [2.24, 2.45) is 0 Å². The number of nitro benzene ring substituents is 1. The van der Waals surface area contributed by atoms with E-state index < -0.39 is 4.92 Å².